The Morgan fingerprint density at radius 3 is 2.84 bits per heavy atom. The van der Waals surface area contributed by atoms with Gasteiger partial charge in [0.1, 0.15) is 0 Å². The maximum absolute atomic E-state index is 12.1. The Labute approximate surface area is 112 Å². The fourth-order valence-electron chi connectivity index (χ4n) is 1.77. The second-order valence-corrected chi connectivity index (χ2v) is 4.44. The minimum absolute atomic E-state index is 0.0792. The number of anilines is 1. The van der Waals surface area contributed by atoms with Crippen LogP contribution < -0.4 is 10.9 Å². The van der Waals surface area contributed by atoms with Crippen LogP contribution in [0.3, 0.4) is 0 Å². The quantitative estimate of drug-likeness (QED) is 0.890. The third-order valence-corrected chi connectivity index (χ3v) is 2.81. The number of aryl methyl sites for hydroxylation is 2. The fourth-order valence-corrected chi connectivity index (χ4v) is 1.77. The van der Waals surface area contributed by atoms with Crippen molar-refractivity contribution in [1.82, 2.24) is 14.5 Å². The van der Waals surface area contributed by atoms with Crippen LogP contribution in [0.4, 0.5) is 5.82 Å². The van der Waals surface area contributed by atoms with Gasteiger partial charge in [-0.25, -0.2) is 4.98 Å². The highest BCUT2D eigenvalue weighted by atomic mass is 16.1. The number of hydrogen-bond acceptors (Lipinski definition) is 4. The molecule has 0 saturated carbocycles. The van der Waals surface area contributed by atoms with Crippen LogP contribution in [0.5, 0.6) is 0 Å². The summed E-state index contributed by atoms with van der Waals surface area (Å²) >= 11 is 0. The second-order valence-electron chi connectivity index (χ2n) is 4.44. The van der Waals surface area contributed by atoms with Crippen LogP contribution in [0, 0.1) is 6.92 Å². The summed E-state index contributed by atoms with van der Waals surface area (Å²) in [7, 11) is 0. The molecule has 2 heterocycles. The fraction of sp³-hybridized carbons (Fsp3) is 0.357. The molecule has 0 fully saturated rings. The average molecular weight is 258 g/mol. The Bertz CT molecular complexity index is 589. The van der Waals surface area contributed by atoms with Crippen LogP contribution in [-0.2, 0) is 13.1 Å². The summed E-state index contributed by atoms with van der Waals surface area (Å²) in [5.74, 6) is 0.386. The molecule has 5 heteroatoms. The van der Waals surface area contributed by atoms with Gasteiger partial charge in [-0.2, -0.15) is 0 Å². The summed E-state index contributed by atoms with van der Waals surface area (Å²) < 4.78 is 1.67. The summed E-state index contributed by atoms with van der Waals surface area (Å²) in [5, 5.41) is 3.06. The van der Waals surface area contributed by atoms with E-state index in [-0.39, 0.29) is 5.56 Å². The topological polar surface area (TPSA) is 59.8 Å². The molecule has 0 bridgehead atoms. The zero-order chi connectivity index (χ0) is 13.7. The number of pyridine rings is 1. The summed E-state index contributed by atoms with van der Waals surface area (Å²) in [6, 6.07) is 3.94. The van der Waals surface area contributed by atoms with Crippen molar-refractivity contribution in [1.29, 1.82) is 0 Å². The van der Waals surface area contributed by atoms with Crippen LogP contribution in [0.25, 0.3) is 0 Å². The molecule has 0 radical (unpaired) electrons. The monoisotopic (exact) mass is 258 g/mol. The Morgan fingerprint density at radius 1 is 1.32 bits per heavy atom. The van der Waals surface area contributed by atoms with E-state index in [0.717, 1.165) is 17.7 Å². The molecule has 0 amide bonds. The molecule has 0 unspecified atom stereocenters. The highest BCUT2D eigenvalue weighted by Crippen LogP contribution is 2.02. The van der Waals surface area contributed by atoms with Gasteiger partial charge in [0.2, 0.25) is 0 Å². The van der Waals surface area contributed by atoms with E-state index in [0.29, 0.717) is 18.9 Å². The average Bonchev–Trinajstić information content (AvgIpc) is 2.42. The molecule has 0 aliphatic carbocycles. The first-order valence-corrected chi connectivity index (χ1v) is 6.41. The number of nitrogens with one attached hydrogen (secondary N) is 1. The first-order chi connectivity index (χ1) is 9.20. The van der Waals surface area contributed by atoms with Crippen molar-refractivity contribution in [2.24, 2.45) is 0 Å². The molecule has 0 aliphatic rings. The number of nitrogens with zero attached hydrogens (tertiary/aromatic N) is 3. The molecule has 1 N–H and O–H groups in total. The van der Waals surface area contributed by atoms with Crippen LogP contribution in [0.15, 0.2) is 35.5 Å². The molecule has 19 heavy (non-hydrogen) atoms. The highest BCUT2D eigenvalue weighted by Gasteiger charge is 2.03. The Balaban J connectivity index is 2.09. The SMILES string of the molecule is CCCn1ccnc(NCc2ccc(C)nc2)c1=O. The molecule has 2 aromatic rings. The van der Waals surface area contributed by atoms with Gasteiger partial charge in [0.25, 0.3) is 5.56 Å². The maximum atomic E-state index is 12.1. The van der Waals surface area contributed by atoms with Gasteiger partial charge >= 0.3 is 0 Å². The molecule has 0 aliphatic heterocycles. The minimum Gasteiger partial charge on any atom is -0.361 e. The Kier molecular flexibility index (Phi) is 4.28. The van der Waals surface area contributed by atoms with Crippen LogP contribution in [-0.4, -0.2) is 14.5 Å². The van der Waals surface area contributed by atoms with E-state index in [1.165, 1.54) is 0 Å². The van der Waals surface area contributed by atoms with Gasteiger partial charge in [-0.1, -0.05) is 13.0 Å². The first kappa shape index (κ1) is 13.3. The molecule has 0 aromatic carbocycles. The van der Waals surface area contributed by atoms with E-state index in [1.54, 1.807) is 23.2 Å². The second kappa shape index (κ2) is 6.13. The standard InChI is InChI=1S/C14H18N4O/c1-3-7-18-8-6-15-13(14(18)19)17-10-12-5-4-11(2)16-9-12/h4-6,8-9H,3,7,10H2,1-2H3,(H,15,17). The summed E-state index contributed by atoms with van der Waals surface area (Å²) in [6.45, 7) is 5.24. The van der Waals surface area contributed by atoms with E-state index in [1.807, 2.05) is 26.0 Å². The molecular weight excluding hydrogens is 240 g/mol. The van der Waals surface area contributed by atoms with E-state index < -0.39 is 0 Å². The van der Waals surface area contributed by atoms with E-state index in [2.05, 4.69) is 15.3 Å². The van der Waals surface area contributed by atoms with Crippen molar-refractivity contribution < 1.29 is 0 Å². The van der Waals surface area contributed by atoms with Crippen LogP contribution in [0.2, 0.25) is 0 Å². The van der Waals surface area contributed by atoms with Gasteiger partial charge in [-0.05, 0) is 25.0 Å². The van der Waals surface area contributed by atoms with Gasteiger partial charge in [0.15, 0.2) is 5.82 Å². The molecule has 0 atom stereocenters. The summed E-state index contributed by atoms with van der Waals surface area (Å²) in [5.41, 5.74) is 1.93. The third-order valence-electron chi connectivity index (χ3n) is 2.81. The van der Waals surface area contributed by atoms with Gasteiger partial charge in [0.05, 0.1) is 0 Å². The molecule has 0 spiro atoms. The maximum Gasteiger partial charge on any atom is 0.293 e. The summed E-state index contributed by atoms with van der Waals surface area (Å²) in [4.78, 5) is 20.4. The Hall–Kier alpha value is -2.17. The van der Waals surface area contributed by atoms with Crippen molar-refractivity contribution >= 4 is 5.82 Å². The van der Waals surface area contributed by atoms with Gasteiger partial charge in [0, 0.05) is 37.4 Å². The zero-order valence-electron chi connectivity index (χ0n) is 11.3. The zero-order valence-corrected chi connectivity index (χ0v) is 11.3. The van der Waals surface area contributed by atoms with Crippen molar-refractivity contribution in [3.8, 4) is 0 Å². The third kappa shape index (κ3) is 3.40. The summed E-state index contributed by atoms with van der Waals surface area (Å²) in [6.07, 6.45) is 6.08. The van der Waals surface area contributed by atoms with Crippen molar-refractivity contribution in [2.45, 2.75) is 33.4 Å². The predicted octanol–water partition coefficient (Wildman–Crippen LogP) is 1.97. The molecule has 2 aromatic heterocycles. The lowest BCUT2D eigenvalue weighted by Gasteiger charge is -2.08. The van der Waals surface area contributed by atoms with Crippen molar-refractivity contribution in [3.63, 3.8) is 0 Å². The van der Waals surface area contributed by atoms with Crippen molar-refractivity contribution in [3.05, 3.63) is 52.3 Å². The van der Waals surface area contributed by atoms with Crippen molar-refractivity contribution in [2.75, 3.05) is 5.32 Å². The van der Waals surface area contributed by atoms with Crippen LogP contribution in [0.1, 0.15) is 24.6 Å². The van der Waals surface area contributed by atoms with E-state index in [4.69, 9.17) is 0 Å². The normalized spacial score (nSPS) is 10.4. The first-order valence-electron chi connectivity index (χ1n) is 6.41. The number of rotatable bonds is 5. The molecule has 100 valence electrons. The smallest absolute Gasteiger partial charge is 0.293 e. The number of aromatic nitrogens is 3. The van der Waals surface area contributed by atoms with Gasteiger partial charge in [-0.3, -0.25) is 9.78 Å². The highest BCUT2D eigenvalue weighted by molar-refractivity contribution is 5.32. The van der Waals surface area contributed by atoms with Gasteiger partial charge in [-0.15, -0.1) is 0 Å². The van der Waals surface area contributed by atoms with Gasteiger partial charge < -0.3 is 9.88 Å². The predicted molar refractivity (Wildman–Crippen MR) is 75.1 cm³/mol. The molecule has 2 rings (SSSR count). The lowest BCUT2D eigenvalue weighted by Crippen LogP contribution is -2.24. The van der Waals surface area contributed by atoms with Crippen LogP contribution >= 0.6 is 0 Å². The lowest BCUT2D eigenvalue weighted by molar-refractivity contribution is 0.649. The largest absolute Gasteiger partial charge is 0.361 e. The molecule has 0 saturated heterocycles. The minimum atomic E-state index is -0.0792. The van der Waals surface area contributed by atoms with E-state index in [9.17, 15) is 4.79 Å². The molecule has 5 nitrogen and oxygen atoms in total. The van der Waals surface area contributed by atoms with E-state index >= 15 is 0 Å². The number of hydrogen-bond donors (Lipinski definition) is 1. The lowest BCUT2D eigenvalue weighted by atomic mass is 10.2. The molecular formula is C14H18N4O. The Morgan fingerprint density at radius 2 is 2.16 bits per heavy atom.